The maximum absolute atomic E-state index is 11.8. The summed E-state index contributed by atoms with van der Waals surface area (Å²) in [5.74, 6) is 1.60. The molecule has 1 aromatic rings. The Kier molecular flexibility index (Phi) is 3.20. The molecule has 1 N–H and O–H groups in total. The Hall–Kier alpha value is -1.41. The minimum absolute atomic E-state index is 0.234. The molecule has 16 heavy (non-hydrogen) atoms. The van der Waals surface area contributed by atoms with Crippen molar-refractivity contribution in [2.24, 2.45) is 0 Å². The second-order valence-electron chi connectivity index (χ2n) is 3.77. The first kappa shape index (κ1) is 11.1. The lowest BCUT2D eigenvalue weighted by Gasteiger charge is -2.30. The average Bonchev–Trinajstić information content (AvgIpc) is 2.84. The molecular formula is C11H12N2O2S. The monoisotopic (exact) mass is 236 g/mol. The van der Waals surface area contributed by atoms with E-state index in [1.807, 2.05) is 11.8 Å². The van der Waals surface area contributed by atoms with Gasteiger partial charge in [-0.2, -0.15) is 17.0 Å². The van der Waals surface area contributed by atoms with Gasteiger partial charge in [-0.3, -0.25) is 4.79 Å². The molecule has 0 saturated carbocycles. The van der Waals surface area contributed by atoms with Crippen LogP contribution in [0.25, 0.3) is 0 Å². The van der Waals surface area contributed by atoms with Gasteiger partial charge in [-0.25, -0.2) is 0 Å². The minimum atomic E-state index is -0.695. The molecule has 0 radical (unpaired) electrons. The molecule has 0 atom stereocenters. The number of hydrogen-bond acceptors (Lipinski definition) is 4. The van der Waals surface area contributed by atoms with Gasteiger partial charge < -0.3 is 9.73 Å². The first-order chi connectivity index (χ1) is 7.76. The molecule has 0 bridgehead atoms. The van der Waals surface area contributed by atoms with Gasteiger partial charge >= 0.3 is 0 Å². The molecule has 2 rings (SSSR count). The Morgan fingerprint density at radius 1 is 1.56 bits per heavy atom. The van der Waals surface area contributed by atoms with Crippen LogP contribution in [-0.2, 0) is 0 Å². The summed E-state index contributed by atoms with van der Waals surface area (Å²) in [6, 6.07) is 3.83. The zero-order chi connectivity index (χ0) is 11.4. The molecule has 4 nitrogen and oxygen atoms in total. The first-order valence-electron chi connectivity index (χ1n) is 5.09. The van der Waals surface area contributed by atoms with Gasteiger partial charge in [0.25, 0.3) is 5.91 Å². The van der Waals surface area contributed by atoms with E-state index in [-0.39, 0.29) is 5.91 Å². The maximum Gasteiger partial charge on any atom is 0.255 e. The fourth-order valence-corrected chi connectivity index (χ4v) is 2.86. The number of furan rings is 1. The van der Waals surface area contributed by atoms with Crippen LogP contribution in [0.4, 0.5) is 0 Å². The molecule has 0 spiro atoms. The number of carbonyl (C=O) groups excluding carboxylic acids is 1. The Balaban J connectivity index is 2.07. The summed E-state index contributed by atoms with van der Waals surface area (Å²) in [7, 11) is 0. The van der Waals surface area contributed by atoms with Crippen LogP contribution >= 0.6 is 11.8 Å². The number of amides is 1. The molecule has 1 amide bonds. The van der Waals surface area contributed by atoms with Gasteiger partial charge in [-0.1, -0.05) is 0 Å². The predicted octanol–water partition coefficient (Wildman–Crippen LogP) is 1.80. The van der Waals surface area contributed by atoms with Gasteiger partial charge in [-0.15, -0.1) is 0 Å². The number of rotatable bonds is 2. The Labute approximate surface area is 98.0 Å². The number of thioether (sulfide) groups is 1. The van der Waals surface area contributed by atoms with Crippen LogP contribution in [0.15, 0.2) is 23.0 Å². The second kappa shape index (κ2) is 4.62. The summed E-state index contributed by atoms with van der Waals surface area (Å²) in [5.41, 5.74) is -0.229. The van der Waals surface area contributed by atoms with Crippen LogP contribution in [0.5, 0.6) is 0 Å². The van der Waals surface area contributed by atoms with Crippen molar-refractivity contribution in [3.05, 3.63) is 24.2 Å². The summed E-state index contributed by atoms with van der Waals surface area (Å²) in [5, 5.41) is 12.0. The van der Waals surface area contributed by atoms with E-state index < -0.39 is 5.54 Å². The molecule has 0 unspecified atom stereocenters. The molecule has 1 saturated heterocycles. The lowest BCUT2D eigenvalue weighted by molar-refractivity contribution is 0.0915. The van der Waals surface area contributed by atoms with E-state index in [1.165, 1.54) is 12.5 Å². The van der Waals surface area contributed by atoms with Gasteiger partial charge in [-0.05, 0) is 30.4 Å². The molecule has 0 aromatic carbocycles. The van der Waals surface area contributed by atoms with Crippen molar-refractivity contribution in [2.75, 3.05) is 11.5 Å². The summed E-state index contributed by atoms with van der Waals surface area (Å²) in [6.07, 6.45) is 4.25. The van der Waals surface area contributed by atoms with E-state index >= 15 is 0 Å². The van der Waals surface area contributed by atoms with Crippen LogP contribution in [0.2, 0.25) is 0 Å². The highest BCUT2D eigenvalue weighted by Crippen LogP contribution is 2.26. The van der Waals surface area contributed by atoms with E-state index in [1.54, 1.807) is 6.07 Å². The Morgan fingerprint density at radius 2 is 2.31 bits per heavy atom. The van der Waals surface area contributed by atoms with E-state index in [9.17, 15) is 10.1 Å². The van der Waals surface area contributed by atoms with Crippen molar-refractivity contribution >= 4 is 17.7 Å². The fourth-order valence-electron chi connectivity index (χ4n) is 1.67. The van der Waals surface area contributed by atoms with Crippen LogP contribution in [0.1, 0.15) is 23.2 Å². The molecule has 0 aliphatic carbocycles. The molecule has 2 heterocycles. The third kappa shape index (κ3) is 2.22. The molecule has 1 aliphatic heterocycles. The molecule has 1 aliphatic rings. The minimum Gasteiger partial charge on any atom is -0.472 e. The third-order valence-corrected chi connectivity index (χ3v) is 3.68. The smallest absolute Gasteiger partial charge is 0.255 e. The molecular weight excluding hydrogens is 224 g/mol. The van der Waals surface area contributed by atoms with Crippen LogP contribution in [0.3, 0.4) is 0 Å². The van der Waals surface area contributed by atoms with Gasteiger partial charge in [0, 0.05) is 0 Å². The van der Waals surface area contributed by atoms with E-state index in [0.717, 1.165) is 11.5 Å². The Morgan fingerprint density at radius 3 is 2.88 bits per heavy atom. The highest BCUT2D eigenvalue weighted by atomic mass is 32.2. The molecule has 1 fully saturated rings. The van der Waals surface area contributed by atoms with Crippen molar-refractivity contribution < 1.29 is 9.21 Å². The highest BCUT2D eigenvalue weighted by molar-refractivity contribution is 7.99. The van der Waals surface area contributed by atoms with Crippen LogP contribution in [-0.4, -0.2) is 23.0 Å². The number of hydrogen-bond donors (Lipinski definition) is 1. The number of nitrogens with zero attached hydrogens (tertiary/aromatic N) is 1. The summed E-state index contributed by atoms with van der Waals surface area (Å²) >= 11 is 1.82. The van der Waals surface area contributed by atoms with Crippen molar-refractivity contribution in [3.63, 3.8) is 0 Å². The van der Waals surface area contributed by atoms with Crippen molar-refractivity contribution in [3.8, 4) is 6.07 Å². The standard InChI is InChI=1S/C11H12N2O2S/c12-8-11(2-5-16-6-3-11)13-10(14)9-1-4-15-7-9/h1,4,7H,2-3,5-6H2,(H,13,14). The summed E-state index contributed by atoms with van der Waals surface area (Å²) < 4.78 is 4.84. The summed E-state index contributed by atoms with van der Waals surface area (Å²) in [6.45, 7) is 0. The molecule has 5 heteroatoms. The maximum atomic E-state index is 11.8. The number of carbonyl (C=O) groups is 1. The van der Waals surface area contributed by atoms with Gasteiger partial charge in [0.15, 0.2) is 0 Å². The predicted molar refractivity (Wildman–Crippen MR) is 61.1 cm³/mol. The largest absolute Gasteiger partial charge is 0.472 e. The van der Waals surface area contributed by atoms with Crippen LogP contribution < -0.4 is 5.32 Å². The van der Waals surface area contributed by atoms with Gasteiger partial charge in [0.2, 0.25) is 0 Å². The topological polar surface area (TPSA) is 66.0 Å². The fraction of sp³-hybridized carbons (Fsp3) is 0.455. The first-order valence-corrected chi connectivity index (χ1v) is 6.25. The normalized spacial score (nSPS) is 18.7. The SMILES string of the molecule is N#CC1(NC(=O)c2ccoc2)CCSCC1. The number of nitrogens with one attached hydrogen (secondary N) is 1. The van der Waals surface area contributed by atoms with E-state index in [4.69, 9.17) is 4.42 Å². The van der Waals surface area contributed by atoms with Crippen molar-refractivity contribution in [1.82, 2.24) is 5.32 Å². The Bertz CT molecular complexity index is 402. The average molecular weight is 236 g/mol. The lowest BCUT2D eigenvalue weighted by Crippen LogP contribution is -2.49. The molecule has 1 aromatic heterocycles. The van der Waals surface area contributed by atoms with Crippen LogP contribution in [0, 0.1) is 11.3 Å². The number of nitriles is 1. The van der Waals surface area contributed by atoms with Gasteiger partial charge in [0.05, 0.1) is 17.9 Å². The molecule has 84 valence electrons. The second-order valence-corrected chi connectivity index (χ2v) is 5.00. The van der Waals surface area contributed by atoms with Crippen molar-refractivity contribution in [2.45, 2.75) is 18.4 Å². The zero-order valence-electron chi connectivity index (χ0n) is 8.73. The van der Waals surface area contributed by atoms with Crippen molar-refractivity contribution in [1.29, 1.82) is 5.26 Å². The van der Waals surface area contributed by atoms with E-state index in [0.29, 0.717) is 18.4 Å². The highest BCUT2D eigenvalue weighted by Gasteiger charge is 2.34. The zero-order valence-corrected chi connectivity index (χ0v) is 9.55. The summed E-state index contributed by atoms with van der Waals surface area (Å²) in [4.78, 5) is 11.8. The van der Waals surface area contributed by atoms with Gasteiger partial charge in [0.1, 0.15) is 11.8 Å². The third-order valence-electron chi connectivity index (χ3n) is 2.70. The quantitative estimate of drug-likeness (QED) is 0.850. The van der Waals surface area contributed by atoms with E-state index in [2.05, 4.69) is 11.4 Å². The lowest BCUT2D eigenvalue weighted by atomic mass is 9.94.